The number of hydrogen-bond donors (Lipinski definition) is 2. The number of aryl methyl sites for hydroxylation is 1. The molecule has 9 heteroatoms. The first-order valence-electron chi connectivity index (χ1n) is 5.46. The molecule has 2 aromatic rings. The van der Waals surface area contributed by atoms with Crippen molar-refractivity contribution in [3.05, 3.63) is 35.7 Å². The molecule has 0 aliphatic carbocycles. The van der Waals surface area contributed by atoms with Crippen LogP contribution in [0.4, 0.5) is 5.95 Å². The number of nitrogens with zero attached hydrogens (tertiary/aromatic N) is 5. The van der Waals surface area contributed by atoms with Gasteiger partial charge in [-0.1, -0.05) is 5.10 Å². The second-order valence-electron chi connectivity index (χ2n) is 3.74. The summed E-state index contributed by atoms with van der Waals surface area (Å²) in [7, 11) is 1.57. The van der Waals surface area contributed by atoms with Crippen molar-refractivity contribution in [2.75, 3.05) is 5.32 Å². The third-order valence-corrected chi connectivity index (χ3v) is 2.17. The number of pyridine rings is 1. The molecule has 102 valence electrons. The molecule has 0 radical (unpaired) electrons. The summed E-state index contributed by atoms with van der Waals surface area (Å²) in [5.41, 5.74) is 0.747. The van der Waals surface area contributed by atoms with E-state index in [0.717, 1.165) is 6.08 Å². The minimum atomic E-state index is -1.08. The van der Waals surface area contributed by atoms with E-state index < -0.39 is 11.9 Å². The van der Waals surface area contributed by atoms with Crippen LogP contribution in [0.15, 0.2) is 24.5 Å². The molecule has 1 amide bonds. The quantitative estimate of drug-likeness (QED) is 0.749. The van der Waals surface area contributed by atoms with E-state index in [-0.39, 0.29) is 11.5 Å². The summed E-state index contributed by atoms with van der Waals surface area (Å²) in [5.74, 6) is -1.47. The van der Waals surface area contributed by atoms with Crippen molar-refractivity contribution in [1.82, 2.24) is 25.2 Å². The Morgan fingerprint density at radius 1 is 1.40 bits per heavy atom. The molecule has 0 atom stereocenters. The molecule has 20 heavy (non-hydrogen) atoms. The number of aromatic nitrogens is 5. The number of aliphatic carboxylic acids is 1. The molecule has 0 spiro atoms. The molecule has 0 saturated carbocycles. The molecular formula is C11H10N6O3. The number of hydrogen-bond acceptors (Lipinski definition) is 6. The van der Waals surface area contributed by atoms with Crippen molar-refractivity contribution in [3.8, 4) is 0 Å². The van der Waals surface area contributed by atoms with Crippen molar-refractivity contribution < 1.29 is 14.7 Å². The Morgan fingerprint density at radius 3 is 2.85 bits per heavy atom. The molecule has 2 rings (SSSR count). The van der Waals surface area contributed by atoms with Crippen LogP contribution in [0.1, 0.15) is 15.9 Å². The number of amides is 1. The van der Waals surface area contributed by atoms with Crippen molar-refractivity contribution in [2.24, 2.45) is 7.05 Å². The van der Waals surface area contributed by atoms with Crippen LogP contribution in [0.5, 0.6) is 0 Å². The highest BCUT2D eigenvalue weighted by molar-refractivity contribution is 6.03. The van der Waals surface area contributed by atoms with Gasteiger partial charge in [-0.3, -0.25) is 15.1 Å². The van der Waals surface area contributed by atoms with Crippen LogP contribution < -0.4 is 5.32 Å². The number of nitrogens with one attached hydrogen (secondary N) is 1. The normalized spacial score (nSPS) is 10.7. The Kier molecular flexibility index (Phi) is 3.80. The molecule has 2 N–H and O–H groups in total. The second kappa shape index (κ2) is 5.69. The molecule has 9 nitrogen and oxygen atoms in total. The van der Waals surface area contributed by atoms with Gasteiger partial charge in [-0.25, -0.2) is 4.79 Å². The van der Waals surface area contributed by atoms with E-state index >= 15 is 0 Å². The molecule has 0 aliphatic heterocycles. The van der Waals surface area contributed by atoms with Crippen molar-refractivity contribution in [2.45, 2.75) is 0 Å². The topological polar surface area (TPSA) is 123 Å². The van der Waals surface area contributed by atoms with Crippen molar-refractivity contribution in [3.63, 3.8) is 0 Å². The standard InChI is InChI=1S/C11H10N6O3/c1-17-15-11(14-16-17)13-10(20)8-4-7(5-12-6-8)2-3-9(18)19/h2-6H,1H3,(H,18,19)(H,13,15,20)/b3-2+. The first-order chi connectivity index (χ1) is 9.54. The maximum Gasteiger partial charge on any atom is 0.328 e. The molecule has 0 aromatic carbocycles. The summed E-state index contributed by atoms with van der Waals surface area (Å²) >= 11 is 0. The lowest BCUT2D eigenvalue weighted by Gasteiger charge is -2.01. The fourth-order valence-corrected chi connectivity index (χ4v) is 1.35. The first kappa shape index (κ1) is 13.3. The van der Waals surface area contributed by atoms with Gasteiger partial charge < -0.3 is 5.11 Å². The van der Waals surface area contributed by atoms with E-state index in [9.17, 15) is 9.59 Å². The first-order valence-corrected chi connectivity index (χ1v) is 5.46. The maximum absolute atomic E-state index is 11.9. The number of carboxylic acids is 1. The molecule has 0 fully saturated rings. The largest absolute Gasteiger partial charge is 0.478 e. The van der Waals surface area contributed by atoms with Gasteiger partial charge in [0.2, 0.25) is 0 Å². The summed E-state index contributed by atoms with van der Waals surface area (Å²) in [6, 6.07) is 1.50. The summed E-state index contributed by atoms with van der Waals surface area (Å²) in [6.07, 6.45) is 5.09. The van der Waals surface area contributed by atoms with E-state index in [0.29, 0.717) is 5.56 Å². The van der Waals surface area contributed by atoms with Gasteiger partial charge >= 0.3 is 5.97 Å². The van der Waals surface area contributed by atoms with Crippen molar-refractivity contribution in [1.29, 1.82) is 0 Å². The highest BCUT2D eigenvalue weighted by atomic mass is 16.4. The molecular weight excluding hydrogens is 264 g/mol. The number of carbonyl (C=O) groups excluding carboxylic acids is 1. The third kappa shape index (κ3) is 3.45. The van der Waals surface area contributed by atoms with Crippen molar-refractivity contribution >= 4 is 23.9 Å². The van der Waals surface area contributed by atoms with Crippen LogP contribution in [-0.4, -0.2) is 42.2 Å². The molecule has 0 unspecified atom stereocenters. The Balaban J connectivity index is 2.14. The van der Waals surface area contributed by atoms with E-state index in [1.807, 2.05) is 0 Å². The monoisotopic (exact) mass is 274 g/mol. The zero-order chi connectivity index (χ0) is 14.5. The summed E-state index contributed by atoms with van der Waals surface area (Å²) < 4.78 is 0. The van der Waals surface area contributed by atoms with Crippen LogP contribution in [0.2, 0.25) is 0 Å². The predicted octanol–water partition coefficient (Wildman–Crippen LogP) is -0.0448. The van der Waals surface area contributed by atoms with E-state index in [1.165, 1.54) is 29.3 Å². The summed E-state index contributed by atoms with van der Waals surface area (Å²) in [4.78, 5) is 27.4. The van der Waals surface area contributed by atoms with Crippen LogP contribution in [0.3, 0.4) is 0 Å². The van der Waals surface area contributed by atoms with Gasteiger partial charge in [0.1, 0.15) is 0 Å². The Morgan fingerprint density at radius 2 is 2.20 bits per heavy atom. The van der Waals surface area contributed by atoms with E-state index in [1.54, 1.807) is 7.05 Å². The minimum absolute atomic E-state index is 0.0731. The SMILES string of the molecule is Cn1nnc(NC(=O)c2cncc(/C=C/C(=O)O)c2)n1. The van der Waals surface area contributed by atoms with Gasteiger partial charge in [0, 0.05) is 18.5 Å². The molecule has 0 saturated heterocycles. The van der Waals surface area contributed by atoms with Gasteiger partial charge in [0.25, 0.3) is 11.9 Å². The molecule has 2 aromatic heterocycles. The van der Waals surface area contributed by atoms with Gasteiger partial charge in [0.05, 0.1) is 12.6 Å². The lowest BCUT2D eigenvalue weighted by Crippen LogP contribution is -2.13. The predicted molar refractivity (Wildman–Crippen MR) is 67.7 cm³/mol. The summed E-state index contributed by atoms with van der Waals surface area (Å²) in [6.45, 7) is 0. The Hall–Kier alpha value is -3.10. The van der Waals surface area contributed by atoms with Gasteiger partial charge in [0.15, 0.2) is 0 Å². The zero-order valence-corrected chi connectivity index (χ0v) is 10.4. The van der Waals surface area contributed by atoms with Crippen LogP contribution in [0.25, 0.3) is 6.08 Å². The van der Waals surface area contributed by atoms with Gasteiger partial charge in [-0.05, 0) is 22.9 Å². The number of carbonyl (C=O) groups is 2. The Labute approximate surface area is 112 Å². The lowest BCUT2D eigenvalue weighted by atomic mass is 10.2. The average molecular weight is 274 g/mol. The number of tetrazole rings is 1. The molecule has 0 bridgehead atoms. The third-order valence-electron chi connectivity index (χ3n) is 2.17. The molecule has 2 heterocycles. The Bertz CT molecular complexity index is 678. The maximum atomic E-state index is 11.9. The van der Waals surface area contributed by atoms with Crippen LogP contribution in [0, 0.1) is 0 Å². The number of rotatable bonds is 4. The second-order valence-corrected chi connectivity index (χ2v) is 3.74. The number of carboxylic acid groups (broad SMARTS) is 1. The smallest absolute Gasteiger partial charge is 0.328 e. The fraction of sp³-hybridized carbons (Fsp3) is 0.0909. The van der Waals surface area contributed by atoms with E-state index in [2.05, 4.69) is 25.7 Å². The van der Waals surface area contributed by atoms with Gasteiger partial charge in [-0.2, -0.15) is 4.80 Å². The number of anilines is 1. The molecule has 0 aliphatic rings. The van der Waals surface area contributed by atoms with Gasteiger partial charge in [-0.15, -0.1) is 5.10 Å². The van der Waals surface area contributed by atoms with Crippen LogP contribution >= 0.6 is 0 Å². The average Bonchev–Trinajstić information content (AvgIpc) is 2.82. The minimum Gasteiger partial charge on any atom is -0.478 e. The fourth-order valence-electron chi connectivity index (χ4n) is 1.35. The van der Waals surface area contributed by atoms with E-state index in [4.69, 9.17) is 5.11 Å². The highest BCUT2D eigenvalue weighted by Gasteiger charge is 2.10. The zero-order valence-electron chi connectivity index (χ0n) is 10.4. The lowest BCUT2D eigenvalue weighted by molar-refractivity contribution is -0.131. The summed E-state index contributed by atoms with van der Waals surface area (Å²) in [5, 5.41) is 22.0. The highest BCUT2D eigenvalue weighted by Crippen LogP contribution is 2.07. The van der Waals surface area contributed by atoms with Crippen LogP contribution in [-0.2, 0) is 11.8 Å².